The molecule has 1 heterocycles. The Labute approximate surface area is 191 Å². The number of hydrogen-bond acceptors (Lipinski definition) is 7. The fourth-order valence-electron chi connectivity index (χ4n) is 2.82. The highest BCUT2D eigenvalue weighted by Gasteiger charge is 2.26. The van der Waals surface area contributed by atoms with E-state index >= 15 is 0 Å². The average Bonchev–Trinajstić information content (AvgIpc) is 2.78. The molecule has 10 heteroatoms. The molecule has 3 N–H and O–H groups in total. The van der Waals surface area contributed by atoms with Gasteiger partial charge in [0, 0.05) is 24.8 Å². The van der Waals surface area contributed by atoms with Crippen molar-refractivity contribution in [1.29, 1.82) is 0 Å². The molecule has 0 aliphatic carbocycles. The smallest absolute Gasteiger partial charge is 0.303 e. The van der Waals surface area contributed by atoms with Gasteiger partial charge in [0.15, 0.2) is 6.17 Å². The van der Waals surface area contributed by atoms with Gasteiger partial charge in [-0.2, -0.15) is 11.8 Å². The van der Waals surface area contributed by atoms with Crippen LogP contribution in [0.5, 0.6) is 5.75 Å². The van der Waals surface area contributed by atoms with Gasteiger partial charge in [-0.25, -0.2) is 4.98 Å². The largest absolute Gasteiger partial charge is 0.494 e. The number of pyridine rings is 1. The lowest BCUT2D eigenvalue weighted by molar-refractivity contribution is -0.137. The van der Waals surface area contributed by atoms with Crippen molar-refractivity contribution in [1.82, 2.24) is 10.3 Å². The van der Waals surface area contributed by atoms with Crippen LogP contribution in [0, 0.1) is 0 Å². The number of benzene rings is 1. The van der Waals surface area contributed by atoms with Gasteiger partial charge >= 0.3 is 5.97 Å². The molecule has 2 aromatic rings. The molecule has 32 heavy (non-hydrogen) atoms. The van der Waals surface area contributed by atoms with Crippen LogP contribution in [0.3, 0.4) is 0 Å². The first-order chi connectivity index (χ1) is 15.4. The van der Waals surface area contributed by atoms with Crippen LogP contribution in [0.15, 0.2) is 48.7 Å². The number of aliphatic carboxylic acids is 1. The highest BCUT2D eigenvalue weighted by Crippen LogP contribution is 2.18. The van der Waals surface area contributed by atoms with Gasteiger partial charge in [-0.15, -0.1) is 0 Å². The molecule has 0 saturated heterocycles. The summed E-state index contributed by atoms with van der Waals surface area (Å²) in [7, 11) is 0. The maximum Gasteiger partial charge on any atom is 0.303 e. The van der Waals surface area contributed by atoms with Gasteiger partial charge in [0.2, 0.25) is 5.91 Å². The Morgan fingerprint density at radius 1 is 1.19 bits per heavy atom. The quantitative estimate of drug-likeness (QED) is 0.308. The zero-order valence-corrected chi connectivity index (χ0v) is 18.9. The highest BCUT2D eigenvalue weighted by molar-refractivity contribution is 7.99. The second-order valence-corrected chi connectivity index (χ2v) is 7.58. The van der Waals surface area contributed by atoms with E-state index in [4.69, 9.17) is 9.84 Å². The first kappa shape index (κ1) is 25.0. The van der Waals surface area contributed by atoms with Crippen LogP contribution in [-0.2, 0) is 14.4 Å². The van der Waals surface area contributed by atoms with Gasteiger partial charge in [-0.05, 0) is 56.0 Å². The molecule has 0 radical (unpaired) electrons. The fourth-order valence-corrected chi connectivity index (χ4v) is 3.17. The van der Waals surface area contributed by atoms with Crippen molar-refractivity contribution >= 4 is 41.1 Å². The molecule has 1 atom stereocenters. The van der Waals surface area contributed by atoms with Gasteiger partial charge in [0.1, 0.15) is 11.6 Å². The number of thioether (sulfide) groups is 1. The van der Waals surface area contributed by atoms with Crippen LogP contribution in [0.2, 0.25) is 0 Å². The zero-order valence-electron chi connectivity index (χ0n) is 18.1. The van der Waals surface area contributed by atoms with Crippen molar-refractivity contribution in [2.24, 2.45) is 0 Å². The van der Waals surface area contributed by atoms with Crippen molar-refractivity contribution in [3.8, 4) is 5.75 Å². The lowest BCUT2D eigenvalue weighted by Crippen LogP contribution is -2.53. The molecule has 0 saturated carbocycles. The Morgan fingerprint density at radius 2 is 1.94 bits per heavy atom. The van der Waals surface area contributed by atoms with Gasteiger partial charge in [-0.3, -0.25) is 19.3 Å². The SMILES string of the molecule is CCN(C(=O)C(NC(=O)CSC)Nc1ccc(OCCCC(=O)O)cc1)c1ccccn1. The molecule has 1 unspecified atom stereocenters. The molecule has 2 rings (SSSR count). The van der Waals surface area contributed by atoms with Crippen LogP contribution in [0.25, 0.3) is 0 Å². The molecule has 2 amide bonds. The molecule has 0 aliphatic heterocycles. The number of amides is 2. The average molecular weight is 461 g/mol. The molecule has 0 spiro atoms. The Morgan fingerprint density at radius 3 is 2.53 bits per heavy atom. The molecule has 0 fully saturated rings. The van der Waals surface area contributed by atoms with Gasteiger partial charge < -0.3 is 20.5 Å². The topological polar surface area (TPSA) is 121 Å². The first-order valence-corrected chi connectivity index (χ1v) is 11.6. The second kappa shape index (κ2) is 13.2. The Balaban J connectivity index is 2.10. The lowest BCUT2D eigenvalue weighted by Gasteiger charge is -2.27. The molecule has 1 aromatic heterocycles. The summed E-state index contributed by atoms with van der Waals surface area (Å²) in [5, 5.41) is 14.5. The summed E-state index contributed by atoms with van der Waals surface area (Å²) in [6.45, 7) is 2.51. The van der Waals surface area contributed by atoms with Crippen LogP contribution in [0.1, 0.15) is 19.8 Å². The minimum Gasteiger partial charge on any atom is -0.494 e. The normalized spacial score (nSPS) is 11.3. The molecule has 0 aliphatic rings. The highest BCUT2D eigenvalue weighted by atomic mass is 32.2. The van der Waals surface area contributed by atoms with Crippen molar-refractivity contribution in [2.75, 3.05) is 35.4 Å². The van der Waals surface area contributed by atoms with Crippen molar-refractivity contribution in [3.63, 3.8) is 0 Å². The maximum atomic E-state index is 13.2. The van der Waals surface area contributed by atoms with E-state index in [0.29, 0.717) is 36.8 Å². The van der Waals surface area contributed by atoms with Crippen molar-refractivity contribution in [2.45, 2.75) is 25.9 Å². The molecule has 172 valence electrons. The Kier molecular flexibility index (Phi) is 10.3. The fraction of sp³-hybridized carbons (Fsp3) is 0.364. The summed E-state index contributed by atoms with van der Waals surface area (Å²) in [5.74, 6) is -0.160. The number of aromatic nitrogens is 1. The van der Waals surface area contributed by atoms with E-state index in [-0.39, 0.29) is 24.0 Å². The number of hydrogen-bond donors (Lipinski definition) is 3. The van der Waals surface area contributed by atoms with E-state index in [1.807, 2.05) is 13.2 Å². The summed E-state index contributed by atoms with van der Waals surface area (Å²) >= 11 is 1.36. The first-order valence-electron chi connectivity index (χ1n) is 10.2. The number of carboxylic acid groups (broad SMARTS) is 1. The van der Waals surface area contributed by atoms with E-state index in [1.165, 1.54) is 16.7 Å². The van der Waals surface area contributed by atoms with Crippen LogP contribution < -0.4 is 20.3 Å². The Hall–Kier alpha value is -3.27. The Bertz CT molecular complexity index is 880. The predicted octanol–water partition coefficient (Wildman–Crippen LogP) is 2.60. The third-order valence-corrected chi connectivity index (χ3v) is 4.86. The standard InChI is InChI=1S/C22H28N4O5S/c1-3-26(18-7-4-5-13-23-18)22(30)21(25-19(27)15-32-2)24-16-9-11-17(12-10-16)31-14-6-8-20(28)29/h4-5,7,9-13,21,24H,3,6,8,14-15H2,1-2H3,(H,25,27)(H,28,29). The number of carbonyl (C=O) groups is 3. The molecule has 0 bridgehead atoms. The van der Waals surface area contributed by atoms with E-state index in [0.717, 1.165) is 0 Å². The predicted molar refractivity (Wildman–Crippen MR) is 125 cm³/mol. The minimum absolute atomic E-state index is 0.0450. The van der Waals surface area contributed by atoms with E-state index < -0.39 is 12.1 Å². The number of anilines is 2. The van der Waals surface area contributed by atoms with E-state index in [1.54, 1.807) is 48.7 Å². The monoisotopic (exact) mass is 460 g/mol. The third kappa shape index (κ3) is 8.10. The van der Waals surface area contributed by atoms with Crippen molar-refractivity contribution < 1.29 is 24.2 Å². The van der Waals surface area contributed by atoms with Crippen LogP contribution in [0.4, 0.5) is 11.5 Å². The molecular weight excluding hydrogens is 432 g/mol. The summed E-state index contributed by atoms with van der Waals surface area (Å²) in [6, 6.07) is 12.2. The number of carboxylic acids is 1. The number of nitrogens with zero attached hydrogens (tertiary/aromatic N) is 2. The third-order valence-electron chi connectivity index (χ3n) is 4.30. The van der Waals surface area contributed by atoms with Gasteiger partial charge in [-0.1, -0.05) is 6.07 Å². The lowest BCUT2D eigenvalue weighted by atomic mass is 10.2. The van der Waals surface area contributed by atoms with Crippen LogP contribution >= 0.6 is 11.8 Å². The number of likely N-dealkylation sites (N-methyl/N-ethyl adjacent to an activating group) is 1. The number of nitrogens with one attached hydrogen (secondary N) is 2. The summed E-state index contributed by atoms with van der Waals surface area (Å²) in [4.78, 5) is 41.8. The van der Waals surface area contributed by atoms with E-state index in [9.17, 15) is 14.4 Å². The zero-order chi connectivity index (χ0) is 23.3. The van der Waals surface area contributed by atoms with E-state index in [2.05, 4.69) is 15.6 Å². The van der Waals surface area contributed by atoms with Crippen molar-refractivity contribution in [3.05, 3.63) is 48.7 Å². The summed E-state index contributed by atoms with van der Waals surface area (Å²) < 4.78 is 5.53. The number of ether oxygens (including phenoxy) is 1. The minimum atomic E-state index is -0.987. The molecule has 1 aromatic carbocycles. The molecule has 9 nitrogen and oxygen atoms in total. The number of rotatable bonds is 13. The summed E-state index contributed by atoms with van der Waals surface area (Å²) in [6.07, 6.45) is 2.89. The van der Waals surface area contributed by atoms with Gasteiger partial charge in [0.25, 0.3) is 5.91 Å². The van der Waals surface area contributed by atoms with Crippen LogP contribution in [-0.4, -0.2) is 59.2 Å². The number of carbonyl (C=O) groups excluding carboxylic acids is 2. The second-order valence-electron chi connectivity index (χ2n) is 6.72. The molecular formula is C22H28N4O5S. The van der Waals surface area contributed by atoms with Gasteiger partial charge in [0.05, 0.1) is 12.4 Å². The summed E-state index contributed by atoms with van der Waals surface area (Å²) in [5.41, 5.74) is 0.614. The maximum absolute atomic E-state index is 13.2.